The number of rotatable bonds is 3. The summed E-state index contributed by atoms with van der Waals surface area (Å²) in [6, 6.07) is 0. The fourth-order valence-corrected chi connectivity index (χ4v) is 2.15. The van der Waals surface area contributed by atoms with E-state index in [1.54, 1.807) is 6.92 Å². The summed E-state index contributed by atoms with van der Waals surface area (Å²) in [6.45, 7) is 1.77. The van der Waals surface area contributed by atoms with Gasteiger partial charge in [0.2, 0.25) is 0 Å². The molecule has 0 fully saturated rings. The Hall–Kier alpha value is -2.24. The number of aliphatic carboxylic acids is 1. The van der Waals surface area contributed by atoms with Crippen molar-refractivity contribution in [3.63, 3.8) is 0 Å². The molecule has 2 N–H and O–H groups in total. The third kappa shape index (κ3) is 1.66. The minimum Gasteiger partial charge on any atom is -0.507 e. The molecule has 0 bridgehead atoms. The lowest BCUT2D eigenvalue weighted by molar-refractivity contribution is -0.136. The molecule has 6 heteroatoms. The molecule has 0 atom stereocenters. The van der Waals surface area contributed by atoms with E-state index in [1.165, 1.54) is 7.11 Å². The van der Waals surface area contributed by atoms with E-state index in [2.05, 4.69) is 0 Å². The lowest BCUT2D eigenvalue weighted by Crippen LogP contribution is -2.07. The standard InChI is InChI=1S/C12H12O6/c1-5-7-4-18-12(16)9(7)10(15)6(3-8(13)14)11(5)17-2/h15H,3-4H2,1-2H3,(H,13,14). The second-order valence-electron chi connectivity index (χ2n) is 3.99. The number of carboxylic acids is 1. The summed E-state index contributed by atoms with van der Waals surface area (Å²) in [4.78, 5) is 22.3. The molecule has 1 aromatic rings. The average molecular weight is 252 g/mol. The van der Waals surface area contributed by atoms with Gasteiger partial charge in [0.15, 0.2) is 0 Å². The first-order valence-corrected chi connectivity index (χ1v) is 5.27. The van der Waals surface area contributed by atoms with Crippen molar-refractivity contribution in [2.75, 3.05) is 7.11 Å². The molecule has 0 amide bonds. The topological polar surface area (TPSA) is 93.1 Å². The molecule has 6 nitrogen and oxygen atoms in total. The molecule has 0 saturated heterocycles. The Balaban J connectivity index is 2.72. The van der Waals surface area contributed by atoms with Crippen LogP contribution in [0.15, 0.2) is 0 Å². The van der Waals surface area contributed by atoms with Crippen molar-refractivity contribution in [1.29, 1.82) is 0 Å². The number of carbonyl (C=O) groups excluding carboxylic acids is 1. The van der Waals surface area contributed by atoms with Crippen molar-refractivity contribution < 1.29 is 29.3 Å². The molecule has 96 valence electrons. The number of hydrogen-bond acceptors (Lipinski definition) is 5. The minimum absolute atomic E-state index is 0.0459. The second kappa shape index (κ2) is 4.21. The van der Waals surface area contributed by atoms with Crippen LogP contribution in [-0.2, 0) is 22.6 Å². The summed E-state index contributed by atoms with van der Waals surface area (Å²) in [5, 5.41) is 18.9. The molecule has 1 aliphatic rings. The lowest BCUT2D eigenvalue weighted by atomic mass is 9.95. The Labute approximate surface area is 103 Å². The molecule has 1 aliphatic heterocycles. The van der Waals surface area contributed by atoms with E-state index in [0.29, 0.717) is 11.1 Å². The van der Waals surface area contributed by atoms with E-state index in [0.717, 1.165) is 0 Å². The van der Waals surface area contributed by atoms with Gasteiger partial charge in [-0.3, -0.25) is 4.79 Å². The van der Waals surface area contributed by atoms with Gasteiger partial charge in [0.1, 0.15) is 23.7 Å². The molecule has 0 spiro atoms. The highest BCUT2D eigenvalue weighted by Gasteiger charge is 2.32. The summed E-state index contributed by atoms with van der Waals surface area (Å²) in [7, 11) is 1.39. The largest absolute Gasteiger partial charge is 0.507 e. The van der Waals surface area contributed by atoms with Gasteiger partial charge in [-0.1, -0.05) is 0 Å². The van der Waals surface area contributed by atoms with Crippen LogP contribution in [0.3, 0.4) is 0 Å². The molecule has 0 radical (unpaired) electrons. The molecule has 1 heterocycles. The first-order valence-electron chi connectivity index (χ1n) is 5.27. The van der Waals surface area contributed by atoms with Crippen LogP contribution in [-0.4, -0.2) is 29.3 Å². The smallest absolute Gasteiger partial charge is 0.342 e. The molecular formula is C12H12O6. The molecule has 1 aromatic carbocycles. The van der Waals surface area contributed by atoms with Crippen LogP contribution < -0.4 is 4.74 Å². The summed E-state index contributed by atoms with van der Waals surface area (Å²) in [5.74, 6) is -1.83. The summed E-state index contributed by atoms with van der Waals surface area (Å²) in [5.41, 5.74) is 1.31. The summed E-state index contributed by atoms with van der Waals surface area (Å²) >= 11 is 0. The first-order chi connectivity index (χ1) is 8.47. The van der Waals surface area contributed by atoms with Gasteiger partial charge in [0.25, 0.3) is 0 Å². The highest BCUT2D eigenvalue weighted by Crippen LogP contribution is 2.41. The maximum atomic E-state index is 11.5. The first kappa shape index (κ1) is 12.2. The Morgan fingerprint density at radius 2 is 2.17 bits per heavy atom. The number of fused-ring (bicyclic) bond motifs is 1. The van der Waals surface area contributed by atoms with Crippen LogP contribution in [0.25, 0.3) is 0 Å². The molecule has 18 heavy (non-hydrogen) atoms. The van der Waals surface area contributed by atoms with Crippen molar-refractivity contribution in [2.24, 2.45) is 0 Å². The molecule has 0 aliphatic carbocycles. The highest BCUT2D eigenvalue weighted by molar-refractivity contribution is 5.98. The van der Waals surface area contributed by atoms with E-state index in [-0.39, 0.29) is 29.2 Å². The minimum atomic E-state index is -1.12. The Morgan fingerprint density at radius 1 is 1.50 bits per heavy atom. The molecule has 0 unspecified atom stereocenters. The van der Waals surface area contributed by atoms with Gasteiger partial charge in [-0.15, -0.1) is 0 Å². The van der Waals surface area contributed by atoms with Crippen molar-refractivity contribution in [3.8, 4) is 11.5 Å². The number of aromatic hydroxyl groups is 1. The summed E-state index contributed by atoms with van der Waals surface area (Å²) < 4.78 is 9.97. The van der Waals surface area contributed by atoms with E-state index < -0.39 is 18.4 Å². The quantitative estimate of drug-likeness (QED) is 0.780. The maximum absolute atomic E-state index is 11.5. The number of benzene rings is 1. The monoisotopic (exact) mass is 252 g/mol. The number of esters is 1. The van der Waals surface area contributed by atoms with Gasteiger partial charge in [-0.25, -0.2) is 4.79 Å². The van der Waals surface area contributed by atoms with Gasteiger partial charge in [-0.05, 0) is 12.5 Å². The maximum Gasteiger partial charge on any atom is 0.342 e. The van der Waals surface area contributed by atoms with Gasteiger partial charge in [0.05, 0.1) is 13.5 Å². The highest BCUT2D eigenvalue weighted by atomic mass is 16.5. The van der Waals surface area contributed by atoms with Crippen LogP contribution in [0, 0.1) is 6.92 Å². The van der Waals surface area contributed by atoms with Crippen LogP contribution in [0.2, 0.25) is 0 Å². The number of methoxy groups -OCH3 is 1. The van der Waals surface area contributed by atoms with Crippen molar-refractivity contribution in [1.82, 2.24) is 0 Å². The number of hydrogen-bond donors (Lipinski definition) is 2. The number of carbonyl (C=O) groups is 2. The van der Waals surface area contributed by atoms with Gasteiger partial charge in [0, 0.05) is 11.1 Å². The Bertz CT molecular complexity index is 546. The predicted molar refractivity (Wildman–Crippen MR) is 59.9 cm³/mol. The zero-order chi connectivity index (χ0) is 13.4. The zero-order valence-corrected chi connectivity index (χ0v) is 9.94. The Kier molecular flexibility index (Phi) is 2.86. The van der Waals surface area contributed by atoms with E-state index in [1.807, 2.05) is 0 Å². The van der Waals surface area contributed by atoms with Crippen LogP contribution >= 0.6 is 0 Å². The Morgan fingerprint density at radius 3 is 2.72 bits per heavy atom. The fourth-order valence-electron chi connectivity index (χ4n) is 2.15. The number of phenolic OH excluding ortho intramolecular Hbond substituents is 1. The van der Waals surface area contributed by atoms with Crippen molar-refractivity contribution in [2.45, 2.75) is 20.0 Å². The third-order valence-electron chi connectivity index (χ3n) is 2.98. The molecule has 0 saturated carbocycles. The zero-order valence-electron chi connectivity index (χ0n) is 9.94. The van der Waals surface area contributed by atoms with Crippen LogP contribution in [0.1, 0.15) is 27.0 Å². The number of cyclic esters (lactones) is 1. The summed E-state index contributed by atoms with van der Waals surface area (Å²) in [6.07, 6.45) is -0.420. The normalized spacial score (nSPS) is 13.1. The van der Waals surface area contributed by atoms with E-state index in [4.69, 9.17) is 14.6 Å². The fraction of sp³-hybridized carbons (Fsp3) is 0.333. The average Bonchev–Trinajstić information content (AvgIpc) is 2.68. The third-order valence-corrected chi connectivity index (χ3v) is 2.98. The van der Waals surface area contributed by atoms with Crippen LogP contribution in [0.4, 0.5) is 0 Å². The predicted octanol–water partition coefficient (Wildman–Crippen LogP) is 1.01. The SMILES string of the molecule is COc1c(C)c2c(c(O)c1CC(=O)O)C(=O)OC2. The number of ether oxygens (including phenoxy) is 2. The van der Waals surface area contributed by atoms with Crippen molar-refractivity contribution >= 4 is 11.9 Å². The van der Waals surface area contributed by atoms with Gasteiger partial charge in [-0.2, -0.15) is 0 Å². The number of carboxylic acid groups (broad SMARTS) is 1. The number of phenols is 1. The van der Waals surface area contributed by atoms with Crippen LogP contribution in [0.5, 0.6) is 11.5 Å². The lowest BCUT2D eigenvalue weighted by Gasteiger charge is -2.15. The van der Waals surface area contributed by atoms with Crippen molar-refractivity contribution in [3.05, 3.63) is 22.3 Å². The van der Waals surface area contributed by atoms with E-state index >= 15 is 0 Å². The molecular weight excluding hydrogens is 240 g/mol. The van der Waals surface area contributed by atoms with Gasteiger partial charge < -0.3 is 19.7 Å². The van der Waals surface area contributed by atoms with E-state index in [9.17, 15) is 14.7 Å². The second-order valence-corrected chi connectivity index (χ2v) is 3.99. The molecule has 2 rings (SSSR count). The van der Waals surface area contributed by atoms with Gasteiger partial charge >= 0.3 is 11.9 Å². The molecule has 0 aromatic heterocycles.